The van der Waals surface area contributed by atoms with Crippen LogP contribution < -0.4 is 16.6 Å². The first-order valence-electron chi connectivity index (χ1n) is 6.52. The Hall–Kier alpha value is -2.34. The summed E-state index contributed by atoms with van der Waals surface area (Å²) in [6.07, 6.45) is 6.25. The molecule has 4 N–H and O–H groups in total. The number of imidazole rings is 1. The lowest BCUT2D eigenvalue weighted by Crippen LogP contribution is -2.26. The van der Waals surface area contributed by atoms with Gasteiger partial charge in [-0.3, -0.25) is 10.6 Å². The van der Waals surface area contributed by atoms with Crippen LogP contribution in [0.4, 0.5) is 5.69 Å². The van der Waals surface area contributed by atoms with E-state index in [1.165, 1.54) is 0 Å². The number of amides is 1. The maximum absolute atomic E-state index is 12.1. The molecule has 106 valence electrons. The number of nitrogen functional groups attached to an aromatic ring is 1. The molecule has 0 spiro atoms. The molecule has 6 nitrogen and oxygen atoms in total. The van der Waals surface area contributed by atoms with Gasteiger partial charge < -0.3 is 15.3 Å². The summed E-state index contributed by atoms with van der Waals surface area (Å²) in [5, 5.41) is 2.90. The summed E-state index contributed by atoms with van der Waals surface area (Å²) in [5.41, 5.74) is 4.76. The molecule has 0 atom stereocenters. The monoisotopic (exact) mass is 273 g/mol. The first-order valence-corrected chi connectivity index (χ1v) is 6.52. The average molecular weight is 273 g/mol. The van der Waals surface area contributed by atoms with E-state index in [1.54, 1.807) is 18.6 Å². The molecule has 2 aromatic rings. The van der Waals surface area contributed by atoms with Crippen molar-refractivity contribution in [2.24, 2.45) is 5.84 Å². The molecule has 1 aromatic carbocycles. The summed E-state index contributed by atoms with van der Waals surface area (Å²) in [5.74, 6) is 5.30. The van der Waals surface area contributed by atoms with Gasteiger partial charge in [0.2, 0.25) is 0 Å². The molecule has 0 aliphatic heterocycles. The Morgan fingerprint density at radius 3 is 3.00 bits per heavy atom. The zero-order valence-corrected chi connectivity index (χ0v) is 11.5. The number of nitrogens with zero attached hydrogens (tertiary/aromatic N) is 2. The van der Waals surface area contributed by atoms with Crippen LogP contribution in [0, 0.1) is 6.92 Å². The molecule has 2 rings (SSSR count). The Balaban J connectivity index is 1.87. The number of hydrogen-bond donors (Lipinski definition) is 3. The van der Waals surface area contributed by atoms with Crippen molar-refractivity contribution in [1.82, 2.24) is 14.9 Å². The fourth-order valence-electron chi connectivity index (χ4n) is 1.95. The number of carbonyl (C=O) groups excluding carboxylic acids is 1. The highest BCUT2D eigenvalue weighted by molar-refractivity contribution is 5.99. The number of hydrogen-bond acceptors (Lipinski definition) is 4. The predicted octanol–water partition coefficient (Wildman–Crippen LogP) is 1.30. The molecule has 0 radical (unpaired) electrons. The van der Waals surface area contributed by atoms with E-state index in [9.17, 15) is 4.79 Å². The molecule has 1 heterocycles. The third-order valence-electron chi connectivity index (χ3n) is 3.01. The van der Waals surface area contributed by atoms with Gasteiger partial charge in [0.25, 0.3) is 5.91 Å². The van der Waals surface area contributed by atoms with Crippen LogP contribution in [0.2, 0.25) is 0 Å². The third-order valence-corrected chi connectivity index (χ3v) is 3.01. The first kappa shape index (κ1) is 14.1. The number of nitrogens with one attached hydrogen (secondary N) is 2. The molecule has 0 unspecified atom stereocenters. The van der Waals surface area contributed by atoms with Gasteiger partial charge in [-0.25, -0.2) is 4.98 Å². The standard InChI is InChI=1S/C14H19N5O/c1-11-3-4-13(18-15)12(9-11)14(20)17-5-2-7-19-8-6-16-10-19/h3-4,6,8-10,18H,2,5,7,15H2,1H3,(H,17,20). The van der Waals surface area contributed by atoms with Crippen molar-refractivity contribution in [2.75, 3.05) is 12.0 Å². The summed E-state index contributed by atoms with van der Waals surface area (Å²) in [4.78, 5) is 16.1. The lowest BCUT2D eigenvalue weighted by Gasteiger charge is -2.10. The van der Waals surface area contributed by atoms with Crippen molar-refractivity contribution in [3.8, 4) is 0 Å². The molecule has 0 saturated carbocycles. The second kappa shape index (κ2) is 6.72. The van der Waals surface area contributed by atoms with Crippen molar-refractivity contribution in [3.63, 3.8) is 0 Å². The van der Waals surface area contributed by atoms with Gasteiger partial charge in [0.15, 0.2) is 0 Å². The summed E-state index contributed by atoms with van der Waals surface area (Å²) in [7, 11) is 0. The van der Waals surface area contributed by atoms with E-state index in [-0.39, 0.29) is 5.91 Å². The Morgan fingerprint density at radius 2 is 2.30 bits per heavy atom. The van der Waals surface area contributed by atoms with E-state index < -0.39 is 0 Å². The molecule has 0 fully saturated rings. The Morgan fingerprint density at radius 1 is 1.45 bits per heavy atom. The number of anilines is 1. The van der Waals surface area contributed by atoms with Crippen LogP contribution in [0.15, 0.2) is 36.9 Å². The van der Waals surface area contributed by atoms with Gasteiger partial charge in [-0.2, -0.15) is 0 Å². The van der Waals surface area contributed by atoms with E-state index in [0.717, 1.165) is 18.5 Å². The maximum atomic E-state index is 12.1. The molecule has 0 bridgehead atoms. The van der Waals surface area contributed by atoms with Crippen LogP contribution in [-0.4, -0.2) is 22.0 Å². The van der Waals surface area contributed by atoms with Gasteiger partial charge in [-0.05, 0) is 25.5 Å². The van der Waals surface area contributed by atoms with Crippen molar-refractivity contribution in [2.45, 2.75) is 19.9 Å². The summed E-state index contributed by atoms with van der Waals surface area (Å²) in [6, 6.07) is 5.53. The normalized spacial score (nSPS) is 10.3. The first-order chi connectivity index (χ1) is 9.70. The molecule has 6 heteroatoms. The van der Waals surface area contributed by atoms with Gasteiger partial charge in [-0.1, -0.05) is 11.6 Å². The van der Waals surface area contributed by atoms with Crippen LogP contribution in [-0.2, 0) is 6.54 Å². The van der Waals surface area contributed by atoms with Gasteiger partial charge in [0.05, 0.1) is 17.6 Å². The second-order valence-electron chi connectivity index (χ2n) is 4.60. The zero-order valence-electron chi connectivity index (χ0n) is 11.5. The van der Waals surface area contributed by atoms with Gasteiger partial charge in [0.1, 0.15) is 0 Å². The summed E-state index contributed by atoms with van der Waals surface area (Å²) in [6.45, 7) is 3.38. The van der Waals surface area contributed by atoms with Crippen LogP contribution in [0.25, 0.3) is 0 Å². The van der Waals surface area contributed by atoms with Crippen molar-refractivity contribution >= 4 is 11.6 Å². The van der Waals surface area contributed by atoms with Crippen LogP contribution in [0.1, 0.15) is 22.3 Å². The van der Waals surface area contributed by atoms with Gasteiger partial charge in [0, 0.05) is 25.5 Å². The smallest absolute Gasteiger partial charge is 0.253 e. The molecule has 20 heavy (non-hydrogen) atoms. The molecule has 1 amide bonds. The number of nitrogens with two attached hydrogens (primary N) is 1. The predicted molar refractivity (Wildman–Crippen MR) is 78.2 cm³/mol. The van der Waals surface area contributed by atoms with E-state index in [0.29, 0.717) is 17.8 Å². The van der Waals surface area contributed by atoms with Gasteiger partial charge >= 0.3 is 0 Å². The highest BCUT2D eigenvalue weighted by atomic mass is 16.1. The Labute approximate surface area is 118 Å². The third kappa shape index (κ3) is 3.58. The van der Waals surface area contributed by atoms with Crippen LogP contribution >= 0.6 is 0 Å². The quantitative estimate of drug-likeness (QED) is 0.421. The number of hydrazine groups is 1. The van der Waals surface area contributed by atoms with Crippen LogP contribution in [0.5, 0.6) is 0 Å². The highest BCUT2D eigenvalue weighted by Crippen LogP contribution is 2.16. The minimum Gasteiger partial charge on any atom is -0.352 e. The lowest BCUT2D eigenvalue weighted by molar-refractivity contribution is 0.0953. The molecule has 0 aliphatic carbocycles. The number of aromatic nitrogens is 2. The minimum atomic E-state index is -0.118. The Bertz CT molecular complexity index is 565. The maximum Gasteiger partial charge on any atom is 0.253 e. The van der Waals surface area contributed by atoms with Crippen LogP contribution in [0.3, 0.4) is 0 Å². The topological polar surface area (TPSA) is 85.0 Å². The number of carbonyl (C=O) groups is 1. The molecule has 0 saturated heterocycles. The highest BCUT2D eigenvalue weighted by Gasteiger charge is 2.10. The molecular weight excluding hydrogens is 254 g/mol. The van der Waals surface area contributed by atoms with Crippen molar-refractivity contribution in [1.29, 1.82) is 0 Å². The summed E-state index contributed by atoms with van der Waals surface area (Å²) >= 11 is 0. The van der Waals surface area contributed by atoms with E-state index in [1.807, 2.05) is 29.8 Å². The lowest BCUT2D eigenvalue weighted by atomic mass is 10.1. The number of aryl methyl sites for hydroxylation is 2. The van der Waals surface area contributed by atoms with E-state index in [4.69, 9.17) is 5.84 Å². The molecule has 0 aliphatic rings. The number of rotatable bonds is 6. The van der Waals surface area contributed by atoms with Gasteiger partial charge in [-0.15, -0.1) is 0 Å². The molecular formula is C14H19N5O. The largest absolute Gasteiger partial charge is 0.352 e. The van der Waals surface area contributed by atoms with Crippen molar-refractivity contribution < 1.29 is 4.79 Å². The number of benzene rings is 1. The Kier molecular flexibility index (Phi) is 4.73. The summed E-state index contributed by atoms with van der Waals surface area (Å²) < 4.78 is 1.98. The average Bonchev–Trinajstić information content (AvgIpc) is 2.96. The minimum absolute atomic E-state index is 0.118. The van der Waals surface area contributed by atoms with E-state index in [2.05, 4.69) is 15.7 Å². The van der Waals surface area contributed by atoms with Crippen molar-refractivity contribution in [3.05, 3.63) is 48.0 Å². The fourth-order valence-corrected chi connectivity index (χ4v) is 1.95. The zero-order chi connectivity index (χ0) is 14.4. The second-order valence-corrected chi connectivity index (χ2v) is 4.60. The van der Waals surface area contributed by atoms with E-state index >= 15 is 0 Å². The molecule has 1 aromatic heterocycles. The fraction of sp³-hybridized carbons (Fsp3) is 0.286. The SMILES string of the molecule is Cc1ccc(NN)c(C(=O)NCCCn2ccnc2)c1.